The second-order valence-electron chi connectivity index (χ2n) is 5.85. The highest BCUT2D eigenvalue weighted by Crippen LogP contribution is 2.57. The fraction of sp³-hybridized carbons (Fsp3) is 0.750. The first-order valence-corrected chi connectivity index (χ1v) is 10.2. The van der Waals surface area contributed by atoms with Gasteiger partial charge in [-0.15, -0.1) is 0 Å². The highest BCUT2D eigenvalue weighted by molar-refractivity contribution is 7.99. The lowest BCUT2D eigenvalue weighted by Gasteiger charge is -2.21. The van der Waals surface area contributed by atoms with Gasteiger partial charge >= 0.3 is 0 Å². The molecule has 0 N–H and O–H groups in total. The molecule has 0 aromatic rings. The Hall–Kier alpha value is 0.260. The first kappa shape index (κ1) is 16.3. The van der Waals surface area contributed by atoms with Crippen LogP contribution in [0.3, 0.4) is 0 Å². The van der Waals surface area contributed by atoms with Crippen LogP contribution in [0.2, 0.25) is 0 Å². The van der Waals surface area contributed by atoms with Crippen molar-refractivity contribution in [1.29, 1.82) is 0 Å². The minimum atomic E-state index is -0.358. The van der Waals surface area contributed by atoms with Gasteiger partial charge in [-0.05, 0) is 52.4 Å². The number of allylic oxidation sites excluding steroid dienone is 4. The Morgan fingerprint density at radius 1 is 1.22 bits per heavy atom. The second-order valence-corrected chi connectivity index (χ2v) is 10.8. The Labute approximate surface area is 119 Å². The van der Waals surface area contributed by atoms with Gasteiger partial charge in [0, 0.05) is 19.6 Å². The number of hydrogen-bond acceptors (Lipinski definition) is 1. The van der Waals surface area contributed by atoms with Crippen molar-refractivity contribution in [3.05, 3.63) is 23.0 Å². The normalized spacial score (nSPS) is 17.6. The molecule has 0 spiro atoms. The van der Waals surface area contributed by atoms with Crippen molar-refractivity contribution >= 4 is 19.7 Å². The number of hydrogen-bond donors (Lipinski definition) is 0. The minimum absolute atomic E-state index is 0.358. The van der Waals surface area contributed by atoms with E-state index in [1.54, 1.807) is 5.57 Å². The van der Waals surface area contributed by atoms with Crippen LogP contribution >= 0.6 is 19.7 Å². The molecule has 18 heavy (non-hydrogen) atoms. The molecule has 0 aromatic carbocycles. The average molecular weight is 285 g/mol. The molecule has 0 heterocycles. The van der Waals surface area contributed by atoms with E-state index in [1.165, 1.54) is 19.3 Å². The van der Waals surface area contributed by atoms with E-state index in [-0.39, 0.29) is 7.92 Å². The molecule has 0 amide bonds. The van der Waals surface area contributed by atoms with E-state index in [9.17, 15) is 0 Å². The standard InChI is InChI=1S/C16H29PS/c1-7-15(18-6)11-14-9-8-10-16(14)17(12(2)3)13(4)5/h8-9,12-13,15H,7,10-11H2,1-6H3/p+1. The zero-order chi connectivity index (χ0) is 13.7. The van der Waals surface area contributed by atoms with Gasteiger partial charge in [-0.2, -0.15) is 11.8 Å². The second kappa shape index (κ2) is 7.75. The summed E-state index contributed by atoms with van der Waals surface area (Å²) >= 11 is 2.03. The molecule has 0 fully saturated rings. The highest BCUT2D eigenvalue weighted by atomic mass is 32.2. The molecule has 1 unspecified atom stereocenters. The van der Waals surface area contributed by atoms with Crippen LogP contribution in [0, 0.1) is 0 Å². The highest BCUT2D eigenvalue weighted by Gasteiger charge is 2.32. The van der Waals surface area contributed by atoms with Crippen LogP contribution in [0.25, 0.3) is 0 Å². The van der Waals surface area contributed by atoms with Crippen LogP contribution in [0.4, 0.5) is 0 Å². The van der Waals surface area contributed by atoms with Crippen molar-refractivity contribution in [2.45, 2.75) is 70.4 Å². The topological polar surface area (TPSA) is 0 Å². The Kier molecular flexibility index (Phi) is 7.03. The molecule has 0 nitrogen and oxygen atoms in total. The molecular weight excluding hydrogens is 255 g/mol. The fourth-order valence-electron chi connectivity index (χ4n) is 3.05. The Balaban J connectivity index is 2.89. The summed E-state index contributed by atoms with van der Waals surface area (Å²) in [6.45, 7) is 12.0. The van der Waals surface area contributed by atoms with E-state index in [1.807, 2.05) is 17.1 Å². The smallest absolute Gasteiger partial charge is 0.0765 e. The lowest BCUT2D eigenvalue weighted by atomic mass is 10.1. The van der Waals surface area contributed by atoms with Crippen LogP contribution in [-0.2, 0) is 0 Å². The van der Waals surface area contributed by atoms with E-state index in [4.69, 9.17) is 0 Å². The van der Waals surface area contributed by atoms with Crippen LogP contribution in [0.15, 0.2) is 23.0 Å². The molecule has 1 aliphatic rings. The zero-order valence-corrected chi connectivity index (χ0v) is 14.7. The van der Waals surface area contributed by atoms with Crippen molar-refractivity contribution in [2.75, 3.05) is 6.26 Å². The van der Waals surface area contributed by atoms with Crippen molar-refractivity contribution in [3.63, 3.8) is 0 Å². The summed E-state index contributed by atoms with van der Waals surface area (Å²) in [6, 6.07) is 0. The summed E-state index contributed by atoms with van der Waals surface area (Å²) in [5.41, 5.74) is 3.40. The van der Waals surface area contributed by atoms with E-state index in [2.05, 4.69) is 53.0 Å². The van der Waals surface area contributed by atoms with Gasteiger partial charge in [0.05, 0.1) is 16.6 Å². The monoisotopic (exact) mass is 285 g/mol. The molecule has 2 heteroatoms. The summed E-state index contributed by atoms with van der Waals surface area (Å²) in [5.74, 6) is 0. The van der Waals surface area contributed by atoms with Gasteiger partial charge in [-0.3, -0.25) is 0 Å². The molecule has 0 aliphatic heterocycles. The van der Waals surface area contributed by atoms with Gasteiger partial charge in [0.15, 0.2) is 0 Å². The van der Waals surface area contributed by atoms with Crippen LogP contribution in [0.1, 0.15) is 53.9 Å². The molecule has 1 aliphatic carbocycles. The van der Waals surface area contributed by atoms with E-state index < -0.39 is 0 Å². The lowest BCUT2D eigenvalue weighted by Crippen LogP contribution is -2.07. The summed E-state index contributed by atoms with van der Waals surface area (Å²) in [4.78, 5) is 0. The van der Waals surface area contributed by atoms with Gasteiger partial charge in [0.25, 0.3) is 0 Å². The Bertz CT molecular complexity index is 303. The largest absolute Gasteiger partial charge is 0.162 e. The van der Waals surface area contributed by atoms with Gasteiger partial charge in [-0.1, -0.05) is 19.1 Å². The molecule has 0 saturated carbocycles. The van der Waals surface area contributed by atoms with Crippen molar-refractivity contribution in [2.24, 2.45) is 0 Å². The quantitative estimate of drug-likeness (QED) is 0.536. The van der Waals surface area contributed by atoms with Gasteiger partial charge in [0.2, 0.25) is 0 Å². The lowest BCUT2D eigenvalue weighted by molar-refractivity contribution is 0.819. The summed E-state index contributed by atoms with van der Waals surface area (Å²) in [6.07, 6.45) is 10.9. The predicted octanol–water partition coefficient (Wildman–Crippen LogP) is 5.76. The summed E-state index contributed by atoms with van der Waals surface area (Å²) < 4.78 is 0. The maximum Gasteiger partial charge on any atom is 0.0765 e. The minimum Gasteiger partial charge on any atom is -0.162 e. The van der Waals surface area contributed by atoms with Crippen molar-refractivity contribution in [3.8, 4) is 0 Å². The van der Waals surface area contributed by atoms with E-state index >= 15 is 0 Å². The summed E-state index contributed by atoms with van der Waals surface area (Å²) in [5, 5.41) is 2.64. The molecule has 0 aromatic heterocycles. The number of thioether (sulfide) groups is 1. The van der Waals surface area contributed by atoms with Crippen molar-refractivity contribution < 1.29 is 0 Å². The van der Waals surface area contributed by atoms with Crippen LogP contribution in [0.5, 0.6) is 0 Å². The Morgan fingerprint density at radius 2 is 1.83 bits per heavy atom. The third-order valence-electron chi connectivity index (χ3n) is 3.86. The number of rotatable bonds is 7. The maximum absolute atomic E-state index is 2.42. The molecule has 0 bridgehead atoms. The third kappa shape index (κ3) is 4.14. The van der Waals surface area contributed by atoms with Crippen LogP contribution < -0.4 is 0 Å². The third-order valence-corrected chi connectivity index (χ3v) is 8.73. The molecule has 1 rings (SSSR count). The van der Waals surface area contributed by atoms with Crippen molar-refractivity contribution in [1.82, 2.24) is 0 Å². The van der Waals surface area contributed by atoms with Crippen LogP contribution in [-0.4, -0.2) is 22.8 Å². The molecule has 0 saturated heterocycles. The molecule has 0 radical (unpaired) electrons. The van der Waals surface area contributed by atoms with Gasteiger partial charge in [0.1, 0.15) is 0 Å². The van der Waals surface area contributed by atoms with E-state index in [0.717, 1.165) is 16.6 Å². The average Bonchev–Trinajstić information content (AvgIpc) is 2.73. The maximum atomic E-state index is 2.42. The molecule has 104 valence electrons. The first-order valence-electron chi connectivity index (χ1n) is 7.29. The fourth-order valence-corrected chi connectivity index (χ4v) is 7.36. The summed E-state index contributed by atoms with van der Waals surface area (Å²) in [7, 11) is -0.358. The first-order chi connectivity index (χ1) is 8.51. The zero-order valence-electron chi connectivity index (χ0n) is 12.9. The molecule has 1 atom stereocenters. The SMILES string of the molecule is CCC(CC1=C([PH+](C(C)C)C(C)C)CC=C1)SC. The van der Waals surface area contributed by atoms with E-state index in [0.29, 0.717) is 0 Å². The molecular formula is C16H30PS+. The predicted molar refractivity (Wildman–Crippen MR) is 91.6 cm³/mol. The van der Waals surface area contributed by atoms with Gasteiger partial charge < -0.3 is 0 Å². The Morgan fingerprint density at radius 3 is 2.28 bits per heavy atom. The van der Waals surface area contributed by atoms with Gasteiger partial charge in [-0.25, -0.2) is 0 Å².